The molecular formula is C27H31ClN6O8. The van der Waals surface area contributed by atoms with E-state index >= 15 is 0 Å². The first-order chi connectivity index (χ1) is 20.0. The molecule has 0 spiro atoms. The predicted octanol–water partition coefficient (Wildman–Crippen LogP) is 3.19. The molecule has 4 aromatic rings. The van der Waals surface area contributed by atoms with Crippen molar-refractivity contribution in [2.45, 2.75) is 45.1 Å². The van der Waals surface area contributed by atoms with E-state index in [9.17, 15) is 14.7 Å². The van der Waals surface area contributed by atoms with E-state index in [1.165, 1.54) is 4.68 Å². The molecule has 0 radical (unpaired) electrons. The minimum absolute atomic E-state index is 0. The standard InChI is InChI=1S/C13H13N3O4.C7H4ClN3O.C6H10O3.CH4/c17-13(16-10-4-2-1-3-9(10)14-15-16)20-11-7-19-12-8(11)5-6-18-12;8-7(12)11-6-4-2-1-3-5(6)9-10-11;7-5-3-9-6-4(5)1-2-8-6;/h1-4,8,11-12H,5-7H2;1-4H;4-7H,1-3H2;1H4/t8-,11-,12+;;4-,5-,6+;/m0.0./s1. The van der Waals surface area contributed by atoms with Crippen molar-refractivity contribution in [2.75, 3.05) is 26.4 Å². The zero-order chi connectivity index (χ0) is 28.3. The quantitative estimate of drug-likeness (QED) is 0.317. The summed E-state index contributed by atoms with van der Waals surface area (Å²) in [6, 6.07) is 14.4. The van der Waals surface area contributed by atoms with Crippen LogP contribution < -0.4 is 0 Å². The zero-order valence-corrected chi connectivity index (χ0v) is 22.4. The van der Waals surface area contributed by atoms with Gasteiger partial charge in [0.1, 0.15) is 22.7 Å². The molecule has 1 N–H and O–H groups in total. The third kappa shape index (κ3) is 6.14. The van der Waals surface area contributed by atoms with Crippen LogP contribution in [0.2, 0.25) is 0 Å². The molecule has 0 amide bonds. The number of aliphatic hydroxyl groups excluding tert-OH is 1. The van der Waals surface area contributed by atoms with E-state index in [-0.39, 0.29) is 44.1 Å². The lowest BCUT2D eigenvalue weighted by Gasteiger charge is -2.15. The smallest absolute Gasteiger partial charge is 0.437 e. The lowest BCUT2D eigenvalue weighted by molar-refractivity contribution is -0.0909. The highest BCUT2D eigenvalue weighted by atomic mass is 35.5. The van der Waals surface area contributed by atoms with E-state index < -0.39 is 11.5 Å². The normalized spacial score (nSPS) is 27.3. The molecule has 8 rings (SSSR count). The number of para-hydroxylation sites is 2. The lowest BCUT2D eigenvalue weighted by atomic mass is 10.0. The molecule has 4 aliphatic heterocycles. The van der Waals surface area contributed by atoms with Crippen molar-refractivity contribution in [2.24, 2.45) is 11.8 Å². The van der Waals surface area contributed by atoms with Gasteiger partial charge in [0.2, 0.25) is 0 Å². The van der Waals surface area contributed by atoms with Crippen molar-refractivity contribution < 1.29 is 38.4 Å². The topological polar surface area (TPSA) is 162 Å². The minimum atomic E-state index is -0.649. The van der Waals surface area contributed by atoms with Crippen LogP contribution in [0.15, 0.2) is 48.5 Å². The first-order valence-electron chi connectivity index (χ1n) is 13.2. The minimum Gasteiger partial charge on any atom is -0.442 e. The van der Waals surface area contributed by atoms with E-state index in [0.29, 0.717) is 41.9 Å². The maximum absolute atomic E-state index is 12.2. The molecule has 15 heteroatoms. The summed E-state index contributed by atoms with van der Waals surface area (Å²) in [5, 5.41) is 23.7. The maximum atomic E-state index is 12.2. The number of nitrogens with zero attached hydrogens (tertiary/aromatic N) is 6. The Balaban J connectivity index is 0.000000137. The van der Waals surface area contributed by atoms with Crippen LogP contribution in [0.1, 0.15) is 20.3 Å². The highest BCUT2D eigenvalue weighted by Crippen LogP contribution is 2.33. The number of carbonyl (C=O) groups excluding carboxylic acids is 2. The third-order valence-electron chi connectivity index (χ3n) is 7.29. The summed E-state index contributed by atoms with van der Waals surface area (Å²) >= 11 is 5.25. The van der Waals surface area contributed by atoms with Crippen molar-refractivity contribution in [3.8, 4) is 0 Å². The molecule has 14 nitrogen and oxygen atoms in total. The first-order valence-corrected chi connectivity index (χ1v) is 13.5. The van der Waals surface area contributed by atoms with E-state index in [0.717, 1.165) is 24.1 Å². The summed E-state index contributed by atoms with van der Waals surface area (Å²) in [6.45, 7) is 2.21. The molecule has 4 aliphatic rings. The summed E-state index contributed by atoms with van der Waals surface area (Å²) in [6.07, 6.45) is 0.377. The molecule has 6 heterocycles. The van der Waals surface area contributed by atoms with Gasteiger partial charge >= 0.3 is 11.5 Å². The Kier molecular flexibility index (Phi) is 9.40. The Hall–Kier alpha value is -3.53. The Morgan fingerprint density at radius 2 is 1.36 bits per heavy atom. The van der Waals surface area contributed by atoms with Crippen molar-refractivity contribution in [3.63, 3.8) is 0 Å². The number of ether oxygens (including phenoxy) is 5. The van der Waals surface area contributed by atoms with E-state index in [4.69, 9.17) is 35.3 Å². The van der Waals surface area contributed by atoms with Crippen molar-refractivity contribution in [1.29, 1.82) is 0 Å². The second-order valence-corrected chi connectivity index (χ2v) is 10.1. The summed E-state index contributed by atoms with van der Waals surface area (Å²) < 4.78 is 28.9. The van der Waals surface area contributed by atoms with Gasteiger partial charge in [0, 0.05) is 5.92 Å². The number of carbonyl (C=O) groups is 2. The Morgan fingerprint density at radius 3 is 2.00 bits per heavy atom. The van der Waals surface area contributed by atoms with Gasteiger partial charge in [-0.3, -0.25) is 4.79 Å². The fourth-order valence-corrected chi connectivity index (χ4v) is 5.30. The van der Waals surface area contributed by atoms with Crippen molar-refractivity contribution in [1.82, 2.24) is 30.0 Å². The number of benzene rings is 2. The molecule has 224 valence electrons. The molecule has 2 aromatic carbocycles. The summed E-state index contributed by atoms with van der Waals surface area (Å²) in [5.41, 5.74) is 2.58. The van der Waals surface area contributed by atoms with Crippen LogP contribution in [0, 0.1) is 11.8 Å². The Labute approximate surface area is 245 Å². The predicted molar refractivity (Wildman–Crippen MR) is 148 cm³/mol. The number of aromatic nitrogens is 6. The second kappa shape index (κ2) is 13.2. The summed E-state index contributed by atoms with van der Waals surface area (Å²) in [7, 11) is 0. The van der Waals surface area contributed by atoms with Crippen LogP contribution in [0.25, 0.3) is 22.1 Å². The number of rotatable bonds is 1. The molecule has 42 heavy (non-hydrogen) atoms. The fourth-order valence-electron chi connectivity index (χ4n) is 5.17. The average Bonchev–Trinajstić information content (AvgIpc) is 3.81. The third-order valence-corrected chi connectivity index (χ3v) is 7.45. The number of hydrogen-bond acceptors (Lipinski definition) is 12. The molecule has 4 saturated heterocycles. The summed E-state index contributed by atoms with van der Waals surface area (Å²) in [5.74, 6) is 0.374. The van der Waals surface area contributed by atoms with Crippen LogP contribution in [-0.4, -0.2) is 97.8 Å². The van der Waals surface area contributed by atoms with Crippen LogP contribution >= 0.6 is 11.6 Å². The molecule has 0 aliphatic carbocycles. The Morgan fingerprint density at radius 1 is 0.810 bits per heavy atom. The largest absolute Gasteiger partial charge is 0.442 e. The fraction of sp³-hybridized carbons (Fsp3) is 0.481. The van der Waals surface area contributed by atoms with E-state index in [1.54, 1.807) is 30.3 Å². The van der Waals surface area contributed by atoms with E-state index in [1.807, 2.05) is 18.2 Å². The molecule has 0 saturated carbocycles. The molecule has 2 aromatic heterocycles. The van der Waals surface area contributed by atoms with Gasteiger partial charge in [0.25, 0.3) is 0 Å². The van der Waals surface area contributed by atoms with Gasteiger partial charge in [-0.1, -0.05) is 42.1 Å². The molecule has 0 unspecified atom stereocenters. The van der Waals surface area contributed by atoms with Gasteiger partial charge in [0.15, 0.2) is 12.6 Å². The Bertz CT molecular complexity index is 1530. The maximum Gasteiger partial charge on any atom is 0.437 e. The highest BCUT2D eigenvalue weighted by Gasteiger charge is 2.44. The van der Waals surface area contributed by atoms with Crippen molar-refractivity contribution in [3.05, 3.63) is 48.5 Å². The highest BCUT2D eigenvalue weighted by molar-refractivity contribution is 6.63. The van der Waals surface area contributed by atoms with Gasteiger partial charge in [-0.25, -0.2) is 4.79 Å². The van der Waals surface area contributed by atoms with Crippen LogP contribution in [-0.2, 0) is 23.7 Å². The number of halogens is 1. The second-order valence-electron chi connectivity index (χ2n) is 9.77. The molecule has 4 fully saturated rings. The van der Waals surface area contributed by atoms with Crippen LogP contribution in [0.5, 0.6) is 0 Å². The zero-order valence-electron chi connectivity index (χ0n) is 21.7. The first kappa shape index (κ1) is 29.9. The summed E-state index contributed by atoms with van der Waals surface area (Å²) in [4.78, 5) is 23.0. The molecular weight excluding hydrogens is 572 g/mol. The van der Waals surface area contributed by atoms with Crippen LogP contribution in [0.3, 0.4) is 0 Å². The van der Waals surface area contributed by atoms with Crippen LogP contribution in [0.4, 0.5) is 9.59 Å². The van der Waals surface area contributed by atoms with E-state index in [2.05, 4.69) is 20.6 Å². The number of hydrogen-bond donors (Lipinski definition) is 1. The SMILES string of the molecule is C.O=C(Cl)n1nnc2ccccc21.O=C(O[C@H]1CO[C@H]2OCC[C@H]21)n1nnc2ccccc21.O[C@H]1CO[C@H]2OCC[C@H]21. The molecule has 6 atom stereocenters. The van der Waals surface area contributed by atoms with Gasteiger partial charge in [0.05, 0.1) is 44.0 Å². The average molecular weight is 603 g/mol. The molecule has 0 bridgehead atoms. The number of fused-ring (bicyclic) bond motifs is 4. The van der Waals surface area contributed by atoms with Gasteiger partial charge in [-0.05, 0) is 48.7 Å². The van der Waals surface area contributed by atoms with Crippen molar-refractivity contribution >= 4 is 45.1 Å². The van der Waals surface area contributed by atoms with Gasteiger partial charge in [-0.2, -0.15) is 4.68 Å². The monoisotopic (exact) mass is 602 g/mol. The van der Waals surface area contributed by atoms with Gasteiger partial charge in [-0.15, -0.1) is 14.9 Å². The lowest BCUT2D eigenvalue weighted by Crippen LogP contribution is -2.29. The van der Waals surface area contributed by atoms with Gasteiger partial charge < -0.3 is 28.8 Å². The number of aliphatic hydroxyl groups is 1.